The Hall–Kier alpha value is -1.24. The van der Waals surface area contributed by atoms with E-state index >= 15 is 0 Å². The topological polar surface area (TPSA) is 44.4 Å². The minimum absolute atomic E-state index is 0. The second-order valence-electron chi connectivity index (χ2n) is 5.87. The predicted molar refractivity (Wildman–Crippen MR) is 83.1 cm³/mol. The summed E-state index contributed by atoms with van der Waals surface area (Å²) in [6.07, 6.45) is 1.09. The maximum atomic E-state index is 13.5. The van der Waals surface area contributed by atoms with Gasteiger partial charge in [0.05, 0.1) is 12.2 Å². The first-order chi connectivity index (χ1) is 10.1. The van der Waals surface area contributed by atoms with Crippen LogP contribution in [0.5, 0.6) is 0 Å². The van der Waals surface area contributed by atoms with Crippen molar-refractivity contribution in [3.63, 3.8) is 0 Å². The lowest BCUT2D eigenvalue weighted by molar-refractivity contribution is -0.117. The third-order valence-electron chi connectivity index (χ3n) is 4.36. The molecule has 22 heavy (non-hydrogen) atoms. The van der Waals surface area contributed by atoms with Gasteiger partial charge in [0.1, 0.15) is 11.6 Å². The molecule has 0 spiro atoms. The SMILES string of the molecule is Cl.O=C(CN1CCC2CNCC2C1)Nc1ccc(F)cc1F. The zero-order valence-electron chi connectivity index (χ0n) is 12.1. The van der Waals surface area contributed by atoms with Gasteiger partial charge in [-0.1, -0.05) is 0 Å². The molecule has 3 rings (SSSR count). The van der Waals surface area contributed by atoms with Gasteiger partial charge in [0.25, 0.3) is 0 Å². The van der Waals surface area contributed by atoms with Crippen LogP contribution in [0.2, 0.25) is 0 Å². The molecule has 4 nitrogen and oxygen atoms in total. The van der Waals surface area contributed by atoms with Gasteiger partial charge < -0.3 is 10.6 Å². The molecule has 122 valence electrons. The average molecular weight is 332 g/mol. The number of benzene rings is 1. The zero-order chi connectivity index (χ0) is 14.8. The highest BCUT2D eigenvalue weighted by Crippen LogP contribution is 2.26. The monoisotopic (exact) mass is 331 g/mol. The van der Waals surface area contributed by atoms with E-state index < -0.39 is 11.6 Å². The molecule has 1 aromatic rings. The molecule has 0 aromatic heterocycles. The van der Waals surface area contributed by atoms with E-state index in [-0.39, 0.29) is 30.5 Å². The lowest BCUT2D eigenvalue weighted by atomic mass is 9.89. The van der Waals surface area contributed by atoms with Gasteiger partial charge in [-0.15, -0.1) is 12.4 Å². The molecule has 7 heteroatoms. The molecular formula is C15H20ClF2N3O. The molecule has 0 aliphatic carbocycles. The number of hydrogen-bond acceptors (Lipinski definition) is 3. The number of likely N-dealkylation sites (tertiary alicyclic amines) is 1. The maximum absolute atomic E-state index is 13.5. The molecule has 2 fully saturated rings. The Bertz CT molecular complexity index is 544. The van der Waals surface area contributed by atoms with Crippen molar-refractivity contribution in [2.24, 2.45) is 11.8 Å². The third-order valence-corrected chi connectivity index (χ3v) is 4.36. The lowest BCUT2D eigenvalue weighted by Gasteiger charge is -2.33. The minimum Gasteiger partial charge on any atom is -0.322 e. The molecule has 2 aliphatic rings. The average Bonchev–Trinajstić information content (AvgIpc) is 2.89. The molecule has 0 saturated carbocycles. The van der Waals surface area contributed by atoms with Gasteiger partial charge in [-0.2, -0.15) is 0 Å². The fourth-order valence-electron chi connectivity index (χ4n) is 3.24. The number of hydrogen-bond donors (Lipinski definition) is 2. The summed E-state index contributed by atoms with van der Waals surface area (Å²) in [5.41, 5.74) is 0.0267. The van der Waals surface area contributed by atoms with Crippen LogP contribution in [-0.2, 0) is 4.79 Å². The van der Waals surface area contributed by atoms with Crippen molar-refractivity contribution >= 4 is 24.0 Å². The molecule has 1 amide bonds. The van der Waals surface area contributed by atoms with Crippen LogP contribution in [-0.4, -0.2) is 43.5 Å². The number of fused-ring (bicyclic) bond motifs is 1. The van der Waals surface area contributed by atoms with E-state index in [0.29, 0.717) is 5.92 Å². The highest BCUT2D eigenvalue weighted by atomic mass is 35.5. The Kier molecular flexibility index (Phi) is 5.72. The number of carbonyl (C=O) groups is 1. The molecule has 1 aromatic carbocycles. The first kappa shape index (κ1) is 17.1. The van der Waals surface area contributed by atoms with E-state index in [1.54, 1.807) is 0 Å². The summed E-state index contributed by atoms with van der Waals surface area (Å²) < 4.78 is 26.3. The number of piperidine rings is 1. The van der Waals surface area contributed by atoms with Crippen molar-refractivity contribution < 1.29 is 13.6 Å². The van der Waals surface area contributed by atoms with Crippen LogP contribution in [0, 0.1) is 23.5 Å². The fourth-order valence-corrected chi connectivity index (χ4v) is 3.24. The molecule has 0 bridgehead atoms. The summed E-state index contributed by atoms with van der Waals surface area (Å²) in [6.45, 7) is 4.13. The number of anilines is 1. The van der Waals surface area contributed by atoms with E-state index in [0.717, 1.165) is 50.7 Å². The van der Waals surface area contributed by atoms with E-state index in [4.69, 9.17) is 0 Å². The summed E-state index contributed by atoms with van der Waals surface area (Å²) in [4.78, 5) is 14.1. The molecule has 2 unspecified atom stereocenters. The molecule has 0 radical (unpaired) electrons. The van der Waals surface area contributed by atoms with Crippen molar-refractivity contribution in [2.45, 2.75) is 6.42 Å². The number of amides is 1. The largest absolute Gasteiger partial charge is 0.322 e. The Morgan fingerprint density at radius 2 is 2.09 bits per heavy atom. The number of nitrogens with one attached hydrogen (secondary N) is 2. The normalized spacial score (nSPS) is 24.5. The van der Waals surface area contributed by atoms with Gasteiger partial charge in [0, 0.05) is 12.6 Å². The van der Waals surface area contributed by atoms with Gasteiger partial charge in [-0.25, -0.2) is 8.78 Å². The first-order valence-electron chi connectivity index (χ1n) is 7.30. The standard InChI is InChI=1S/C15H19F2N3O.ClH/c16-12-1-2-14(13(17)5-12)19-15(21)9-20-4-3-10-6-18-7-11(10)8-20;/h1-2,5,10-11,18H,3-4,6-9H2,(H,19,21);1H. The predicted octanol–water partition coefficient (Wildman–Crippen LogP) is 1.87. The highest BCUT2D eigenvalue weighted by molar-refractivity contribution is 5.92. The van der Waals surface area contributed by atoms with Crippen molar-refractivity contribution in [3.05, 3.63) is 29.8 Å². The Morgan fingerprint density at radius 3 is 2.86 bits per heavy atom. The summed E-state index contributed by atoms with van der Waals surface area (Å²) in [5, 5.41) is 5.88. The van der Waals surface area contributed by atoms with Crippen molar-refractivity contribution in [3.8, 4) is 0 Å². The number of nitrogens with zero attached hydrogens (tertiary/aromatic N) is 1. The van der Waals surface area contributed by atoms with Crippen LogP contribution < -0.4 is 10.6 Å². The van der Waals surface area contributed by atoms with E-state index in [1.165, 1.54) is 6.07 Å². The number of halogens is 3. The lowest BCUT2D eigenvalue weighted by Crippen LogP contribution is -2.43. The van der Waals surface area contributed by atoms with Gasteiger partial charge >= 0.3 is 0 Å². The summed E-state index contributed by atoms with van der Waals surface area (Å²) in [7, 11) is 0. The second kappa shape index (κ2) is 7.35. The third kappa shape index (κ3) is 3.94. The quantitative estimate of drug-likeness (QED) is 0.888. The van der Waals surface area contributed by atoms with Crippen LogP contribution in [0.1, 0.15) is 6.42 Å². The van der Waals surface area contributed by atoms with Crippen LogP contribution in [0.25, 0.3) is 0 Å². The summed E-state index contributed by atoms with van der Waals surface area (Å²) in [6, 6.07) is 3.15. The van der Waals surface area contributed by atoms with Crippen molar-refractivity contribution in [1.29, 1.82) is 0 Å². The molecule has 2 aliphatic heterocycles. The smallest absolute Gasteiger partial charge is 0.238 e. The van der Waals surface area contributed by atoms with Gasteiger partial charge in [-0.3, -0.25) is 9.69 Å². The van der Waals surface area contributed by atoms with Gasteiger partial charge in [0.15, 0.2) is 0 Å². The van der Waals surface area contributed by atoms with Gasteiger partial charge in [0.2, 0.25) is 5.91 Å². The van der Waals surface area contributed by atoms with E-state index in [9.17, 15) is 13.6 Å². The Labute approximate surface area is 134 Å². The van der Waals surface area contributed by atoms with E-state index in [2.05, 4.69) is 15.5 Å². The van der Waals surface area contributed by atoms with Gasteiger partial charge in [-0.05, 0) is 50.0 Å². The summed E-state index contributed by atoms with van der Waals surface area (Å²) in [5.74, 6) is -0.332. The molecule has 2 saturated heterocycles. The molecule has 2 atom stereocenters. The van der Waals surface area contributed by atoms with Crippen molar-refractivity contribution in [2.75, 3.05) is 38.0 Å². The van der Waals surface area contributed by atoms with Crippen LogP contribution >= 0.6 is 12.4 Å². The summed E-state index contributed by atoms with van der Waals surface area (Å²) >= 11 is 0. The maximum Gasteiger partial charge on any atom is 0.238 e. The number of carbonyl (C=O) groups excluding carboxylic acids is 1. The fraction of sp³-hybridized carbons (Fsp3) is 0.533. The number of rotatable bonds is 3. The van der Waals surface area contributed by atoms with Crippen LogP contribution in [0.4, 0.5) is 14.5 Å². The Balaban J connectivity index is 0.00000176. The minimum atomic E-state index is -0.748. The second-order valence-corrected chi connectivity index (χ2v) is 5.87. The van der Waals surface area contributed by atoms with Crippen molar-refractivity contribution in [1.82, 2.24) is 10.2 Å². The molecule has 2 N–H and O–H groups in total. The zero-order valence-corrected chi connectivity index (χ0v) is 13.0. The molecule has 2 heterocycles. The highest BCUT2D eigenvalue weighted by Gasteiger charge is 2.33. The first-order valence-corrected chi connectivity index (χ1v) is 7.30. The Morgan fingerprint density at radius 1 is 1.32 bits per heavy atom. The van der Waals surface area contributed by atoms with E-state index in [1.807, 2.05) is 0 Å². The van der Waals surface area contributed by atoms with Crippen LogP contribution in [0.3, 0.4) is 0 Å². The van der Waals surface area contributed by atoms with Crippen LogP contribution in [0.15, 0.2) is 18.2 Å². The molecular weight excluding hydrogens is 312 g/mol.